The summed E-state index contributed by atoms with van der Waals surface area (Å²) in [4.78, 5) is 24.0. The maximum atomic E-state index is 10.7. The number of aromatic nitrogens is 5. The third kappa shape index (κ3) is 8.99. The standard InChI is InChI=1S/C78H46N8/c1-80-62-25-15-24-57(43-62)55-27-29-56(30-28-55)76-82-77(68-42-50(49-79)26-36-74(68)85-70-37-31-58(51-16-7-3-8-17-51)44-64(70)65-45-59(32-38-71(65)85)52-18-9-4-10-19-52)84-78(83-76)69-48-63(81-2)35-41-75(69)86-72-39-33-60(53-20-11-5-12-21-53)46-66(72)67-47-61(34-40-73(67)86)54-22-13-6-14-23-54/h3-48H. The van der Waals surface area contributed by atoms with Crippen LogP contribution < -0.4 is 0 Å². The number of nitriles is 1. The van der Waals surface area contributed by atoms with Crippen LogP contribution in [0, 0.1) is 24.5 Å². The lowest BCUT2D eigenvalue weighted by Gasteiger charge is -2.17. The highest BCUT2D eigenvalue weighted by molar-refractivity contribution is 6.13. The first kappa shape index (κ1) is 50.7. The Morgan fingerprint density at radius 1 is 0.291 bits per heavy atom. The zero-order valence-corrected chi connectivity index (χ0v) is 46.1. The minimum absolute atomic E-state index is 0.337. The topological polar surface area (TPSA) is 81.0 Å². The molecule has 0 aliphatic carbocycles. The van der Waals surface area contributed by atoms with Crippen molar-refractivity contribution in [3.8, 4) is 107 Å². The second-order valence-corrected chi connectivity index (χ2v) is 21.3. The van der Waals surface area contributed by atoms with Gasteiger partial charge in [-0.05, 0) is 141 Å². The zero-order chi connectivity index (χ0) is 57.7. The van der Waals surface area contributed by atoms with Crippen LogP contribution in [-0.2, 0) is 0 Å². The number of nitrogens with zero attached hydrogens (tertiary/aromatic N) is 8. The van der Waals surface area contributed by atoms with Gasteiger partial charge in [0.15, 0.2) is 28.8 Å². The molecule has 0 saturated carbocycles. The van der Waals surface area contributed by atoms with Crippen LogP contribution in [0.15, 0.2) is 279 Å². The summed E-state index contributed by atoms with van der Waals surface area (Å²) in [5.74, 6) is 1.07. The molecule has 0 unspecified atom stereocenters. The molecule has 15 rings (SSSR count). The molecule has 8 nitrogen and oxygen atoms in total. The molecule has 0 fully saturated rings. The van der Waals surface area contributed by atoms with Crippen LogP contribution in [0.4, 0.5) is 11.4 Å². The fraction of sp³-hybridized carbons (Fsp3) is 0. The van der Waals surface area contributed by atoms with Crippen LogP contribution >= 0.6 is 0 Å². The van der Waals surface area contributed by atoms with E-state index in [1.807, 2.05) is 103 Å². The molecule has 398 valence electrons. The number of rotatable bonds is 10. The second-order valence-electron chi connectivity index (χ2n) is 21.3. The van der Waals surface area contributed by atoms with Gasteiger partial charge in [-0.15, -0.1) is 0 Å². The Bertz CT molecular complexity index is 4820. The van der Waals surface area contributed by atoms with E-state index in [-0.39, 0.29) is 0 Å². The van der Waals surface area contributed by atoms with Gasteiger partial charge in [0.05, 0.1) is 58.2 Å². The van der Waals surface area contributed by atoms with Crippen LogP contribution in [0.1, 0.15) is 5.56 Å². The first-order valence-corrected chi connectivity index (χ1v) is 28.3. The fourth-order valence-corrected chi connectivity index (χ4v) is 12.1. The lowest BCUT2D eigenvalue weighted by molar-refractivity contribution is 1.06. The van der Waals surface area contributed by atoms with Crippen molar-refractivity contribution in [3.05, 3.63) is 307 Å². The van der Waals surface area contributed by atoms with Crippen LogP contribution in [0.5, 0.6) is 0 Å². The molecular weight excluding hydrogens is 1050 g/mol. The van der Waals surface area contributed by atoms with Gasteiger partial charge in [-0.1, -0.05) is 194 Å². The third-order valence-electron chi connectivity index (χ3n) is 16.2. The van der Waals surface area contributed by atoms with Gasteiger partial charge in [-0.25, -0.2) is 24.6 Å². The molecule has 0 aliphatic heterocycles. The molecule has 3 heterocycles. The van der Waals surface area contributed by atoms with Gasteiger partial charge in [0.25, 0.3) is 0 Å². The van der Waals surface area contributed by atoms with Crippen molar-refractivity contribution in [3.63, 3.8) is 0 Å². The van der Waals surface area contributed by atoms with Gasteiger partial charge in [0.1, 0.15) is 0 Å². The molecule has 86 heavy (non-hydrogen) atoms. The van der Waals surface area contributed by atoms with Crippen molar-refractivity contribution < 1.29 is 0 Å². The van der Waals surface area contributed by atoms with Gasteiger partial charge in [0.2, 0.25) is 0 Å². The molecule has 0 aliphatic rings. The SMILES string of the molecule is [C-]#[N+]c1cccc(-c2ccc(-c3nc(-c4cc(C#N)ccc4-n4c5ccc(-c6ccccc6)cc5c5cc(-c6ccccc6)ccc54)nc(-c4cc([N+]#[C-])ccc4-n4c5ccc(-c6ccccc6)cc5c5cc(-c6ccccc6)ccc54)n3)cc2)c1. The second kappa shape index (κ2) is 21.2. The molecule has 0 atom stereocenters. The highest BCUT2D eigenvalue weighted by Crippen LogP contribution is 2.44. The molecule has 0 spiro atoms. The van der Waals surface area contributed by atoms with Crippen LogP contribution in [0.3, 0.4) is 0 Å². The summed E-state index contributed by atoms with van der Waals surface area (Å²) >= 11 is 0. The van der Waals surface area contributed by atoms with E-state index in [0.717, 1.165) is 116 Å². The molecule has 3 aromatic heterocycles. The highest BCUT2D eigenvalue weighted by Gasteiger charge is 2.24. The molecule has 0 bridgehead atoms. The van der Waals surface area contributed by atoms with E-state index >= 15 is 0 Å². The van der Waals surface area contributed by atoms with Crippen molar-refractivity contribution in [2.45, 2.75) is 0 Å². The van der Waals surface area contributed by atoms with Crippen molar-refractivity contribution in [2.24, 2.45) is 0 Å². The lowest BCUT2D eigenvalue weighted by Crippen LogP contribution is -2.06. The van der Waals surface area contributed by atoms with Crippen LogP contribution in [0.2, 0.25) is 0 Å². The van der Waals surface area contributed by atoms with Crippen molar-refractivity contribution in [2.75, 3.05) is 0 Å². The first-order valence-electron chi connectivity index (χ1n) is 28.3. The quantitative estimate of drug-likeness (QED) is 0.128. The predicted octanol–water partition coefficient (Wildman–Crippen LogP) is 20.4. The van der Waals surface area contributed by atoms with Gasteiger partial charge >= 0.3 is 0 Å². The third-order valence-corrected chi connectivity index (χ3v) is 16.2. The predicted molar refractivity (Wildman–Crippen MR) is 349 cm³/mol. The van der Waals surface area contributed by atoms with Gasteiger partial charge < -0.3 is 9.13 Å². The summed E-state index contributed by atoms with van der Waals surface area (Å²) in [7, 11) is 0. The fourth-order valence-electron chi connectivity index (χ4n) is 12.1. The van der Waals surface area contributed by atoms with Gasteiger partial charge in [0, 0.05) is 38.2 Å². The number of fused-ring (bicyclic) bond motifs is 6. The van der Waals surface area contributed by atoms with Crippen LogP contribution in [-0.4, -0.2) is 24.1 Å². The van der Waals surface area contributed by atoms with E-state index in [9.17, 15) is 5.26 Å². The summed E-state index contributed by atoms with van der Waals surface area (Å²) < 4.78 is 4.52. The lowest BCUT2D eigenvalue weighted by atomic mass is 10.0. The molecule has 0 radical (unpaired) electrons. The number of benzene rings is 12. The molecule has 0 amide bonds. The number of hydrogen-bond acceptors (Lipinski definition) is 4. The van der Waals surface area contributed by atoms with E-state index in [1.54, 1.807) is 6.07 Å². The Labute approximate surface area is 496 Å². The summed E-state index contributed by atoms with van der Waals surface area (Å²) in [5, 5.41) is 15.0. The average Bonchev–Trinajstić information content (AvgIpc) is 2.60. The molecule has 12 aromatic carbocycles. The van der Waals surface area contributed by atoms with E-state index in [0.29, 0.717) is 45.5 Å². The van der Waals surface area contributed by atoms with Crippen molar-refractivity contribution in [1.29, 1.82) is 5.26 Å². The highest BCUT2D eigenvalue weighted by atomic mass is 15.1. The number of hydrogen-bond donors (Lipinski definition) is 0. The Morgan fingerprint density at radius 2 is 0.628 bits per heavy atom. The molecule has 8 heteroatoms. The maximum Gasteiger partial charge on any atom is 0.188 e. The Kier molecular flexibility index (Phi) is 12.5. The van der Waals surface area contributed by atoms with Gasteiger partial charge in [-0.2, -0.15) is 5.26 Å². The van der Waals surface area contributed by atoms with E-state index in [1.165, 1.54) is 0 Å². The van der Waals surface area contributed by atoms with Crippen LogP contribution in [0.25, 0.3) is 154 Å². The average molecular weight is 1100 g/mol. The van der Waals surface area contributed by atoms with E-state index < -0.39 is 0 Å². The minimum atomic E-state index is 0.337. The molecule has 0 N–H and O–H groups in total. The van der Waals surface area contributed by atoms with Crippen molar-refractivity contribution in [1.82, 2.24) is 24.1 Å². The van der Waals surface area contributed by atoms with E-state index in [2.05, 4.69) is 195 Å². The molecule has 15 aromatic rings. The largest absolute Gasteiger partial charge is 0.309 e. The zero-order valence-electron chi connectivity index (χ0n) is 46.1. The molecular formula is C78H46N8. The normalized spacial score (nSPS) is 11.2. The first-order chi connectivity index (χ1) is 42.5. The van der Waals surface area contributed by atoms with Gasteiger partial charge in [-0.3, -0.25) is 0 Å². The minimum Gasteiger partial charge on any atom is -0.309 e. The Balaban J connectivity index is 0.987. The smallest absolute Gasteiger partial charge is 0.188 e. The maximum absolute atomic E-state index is 10.7. The molecule has 0 saturated heterocycles. The monoisotopic (exact) mass is 1090 g/mol. The summed E-state index contributed by atoms with van der Waals surface area (Å²) in [6.07, 6.45) is 0. The summed E-state index contributed by atoms with van der Waals surface area (Å²) in [5.41, 5.74) is 19.4. The Hall–Kier alpha value is -12.3. The van der Waals surface area contributed by atoms with E-state index in [4.69, 9.17) is 28.1 Å². The Morgan fingerprint density at radius 3 is 1.05 bits per heavy atom. The summed E-state index contributed by atoms with van der Waals surface area (Å²) in [6, 6.07) is 97.7. The summed E-state index contributed by atoms with van der Waals surface area (Å²) in [6.45, 7) is 16.1. The van der Waals surface area contributed by atoms with Crippen molar-refractivity contribution >= 4 is 55.0 Å².